The Morgan fingerprint density at radius 1 is 1.05 bits per heavy atom. The van der Waals surface area contributed by atoms with Crippen LogP contribution in [0.25, 0.3) is 6.08 Å². The molecular weight excluding hydrogens is 491 g/mol. The fourth-order valence-corrected chi connectivity index (χ4v) is 4.18. The second-order valence-electron chi connectivity index (χ2n) is 8.12. The van der Waals surface area contributed by atoms with E-state index in [2.05, 4.69) is 11.9 Å². The van der Waals surface area contributed by atoms with Crippen molar-refractivity contribution in [2.75, 3.05) is 11.5 Å². The Labute approximate surface area is 220 Å². The molecule has 37 heavy (non-hydrogen) atoms. The lowest BCUT2D eigenvalue weighted by atomic mass is 10.0. The fraction of sp³-hybridized carbons (Fsp3) is 0.138. The smallest absolute Gasteiger partial charge is 0.270 e. The summed E-state index contributed by atoms with van der Waals surface area (Å²) in [7, 11) is 0. The quantitative estimate of drug-likeness (QED) is 0.179. The maximum atomic E-state index is 14.5. The summed E-state index contributed by atoms with van der Waals surface area (Å²) >= 11 is 5.17. The van der Waals surface area contributed by atoms with Crippen molar-refractivity contribution in [3.05, 3.63) is 107 Å². The molecule has 0 radical (unpaired) electrons. The van der Waals surface area contributed by atoms with Crippen LogP contribution in [0.1, 0.15) is 23.6 Å². The molecule has 3 aromatic rings. The monoisotopic (exact) mass is 516 g/mol. The molecule has 3 aromatic carbocycles. The Morgan fingerprint density at radius 2 is 1.78 bits per heavy atom. The van der Waals surface area contributed by atoms with Crippen molar-refractivity contribution in [2.24, 2.45) is 0 Å². The van der Waals surface area contributed by atoms with E-state index in [9.17, 15) is 14.0 Å². The SMILES string of the molecule is C=CCc1cc(/C=C2\C(=O)NC(=S)N(c3ccccc3F)C2=O)cc(OCC)c1OCc1ccccc1. The number of benzene rings is 3. The number of amides is 2. The number of hydrogen-bond donors (Lipinski definition) is 1. The van der Waals surface area contributed by atoms with Gasteiger partial charge in [0.25, 0.3) is 11.8 Å². The van der Waals surface area contributed by atoms with Gasteiger partial charge in [-0.2, -0.15) is 0 Å². The average Bonchev–Trinajstić information content (AvgIpc) is 2.88. The minimum absolute atomic E-state index is 0.0459. The minimum Gasteiger partial charge on any atom is -0.490 e. The van der Waals surface area contributed by atoms with Crippen molar-refractivity contribution < 1.29 is 23.5 Å². The lowest BCUT2D eigenvalue weighted by Crippen LogP contribution is -2.54. The first-order valence-electron chi connectivity index (χ1n) is 11.7. The van der Waals surface area contributed by atoms with Crippen molar-refractivity contribution in [1.29, 1.82) is 0 Å². The molecule has 0 unspecified atom stereocenters. The first-order chi connectivity index (χ1) is 17.9. The number of para-hydroxylation sites is 1. The largest absolute Gasteiger partial charge is 0.490 e. The second kappa shape index (κ2) is 11.6. The highest BCUT2D eigenvalue weighted by Gasteiger charge is 2.35. The van der Waals surface area contributed by atoms with Gasteiger partial charge in [-0.05, 0) is 67.0 Å². The summed E-state index contributed by atoms with van der Waals surface area (Å²) in [5, 5.41) is 2.29. The van der Waals surface area contributed by atoms with Crippen molar-refractivity contribution in [3.8, 4) is 11.5 Å². The number of hydrogen-bond acceptors (Lipinski definition) is 5. The van der Waals surface area contributed by atoms with E-state index in [0.717, 1.165) is 16.0 Å². The average molecular weight is 517 g/mol. The highest BCUT2D eigenvalue weighted by Crippen LogP contribution is 2.36. The molecule has 1 N–H and O–H groups in total. The van der Waals surface area contributed by atoms with Crippen molar-refractivity contribution >= 4 is 40.9 Å². The lowest BCUT2D eigenvalue weighted by molar-refractivity contribution is -0.122. The van der Waals surface area contributed by atoms with Crippen LogP contribution in [0.5, 0.6) is 11.5 Å². The number of ether oxygens (including phenoxy) is 2. The van der Waals surface area contributed by atoms with Gasteiger partial charge in [0.2, 0.25) is 0 Å². The molecule has 2 amide bonds. The van der Waals surface area contributed by atoms with Gasteiger partial charge in [-0.1, -0.05) is 48.5 Å². The predicted octanol–water partition coefficient (Wildman–Crippen LogP) is 5.36. The van der Waals surface area contributed by atoms with E-state index in [0.29, 0.717) is 36.7 Å². The molecule has 6 nitrogen and oxygen atoms in total. The third-order valence-corrected chi connectivity index (χ3v) is 5.83. The van der Waals surface area contributed by atoms with E-state index in [1.807, 2.05) is 37.3 Å². The van der Waals surface area contributed by atoms with Gasteiger partial charge in [-0.25, -0.2) is 9.29 Å². The molecule has 0 spiro atoms. The molecule has 1 saturated heterocycles. The van der Waals surface area contributed by atoms with E-state index in [1.54, 1.807) is 24.3 Å². The summed E-state index contributed by atoms with van der Waals surface area (Å²) in [5.74, 6) is -1.02. The Hall–Kier alpha value is -4.30. The molecule has 0 aliphatic carbocycles. The number of carbonyl (C=O) groups excluding carboxylic acids is 2. The van der Waals surface area contributed by atoms with Gasteiger partial charge in [-0.3, -0.25) is 14.9 Å². The number of thiocarbonyl (C=S) groups is 1. The van der Waals surface area contributed by atoms with Crippen molar-refractivity contribution in [3.63, 3.8) is 0 Å². The zero-order valence-corrected chi connectivity index (χ0v) is 21.0. The number of anilines is 1. The van der Waals surface area contributed by atoms with E-state index in [4.69, 9.17) is 21.7 Å². The highest BCUT2D eigenvalue weighted by atomic mass is 32.1. The molecule has 1 fully saturated rings. The van der Waals surface area contributed by atoms with Gasteiger partial charge in [0.15, 0.2) is 16.6 Å². The molecule has 0 bridgehead atoms. The lowest BCUT2D eigenvalue weighted by Gasteiger charge is -2.29. The molecule has 188 valence electrons. The summed E-state index contributed by atoms with van der Waals surface area (Å²) in [6.45, 7) is 6.40. The van der Waals surface area contributed by atoms with Crippen LogP contribution in [0.3, 0.4) is 0 Å². The summed E-state index contributed by atoms with van der Waals surface area (Å²) in [6, 6.07) is 19.0. The molecular formula is C29H25FN2O4S. The van der Waals surface area contributed by atoms with Crippen LogP contribution in [0.2, 0.25) is 0 Å². The van der Waals surface area contributed by atoms with Crippen LogP contribution in [0, 0.1) is 5.82 Å². The molecule has 0 aromatic heterocycles. The zero-order chi connectivity index (χ0) is 26.4. The Balaban J connectivity index is 1.73. The fourth-order valence-electron chi connectivity index (χ4n) is 3.91. The zero-order valence-electron chi connectivity index (χ0n) is 20.2. The van der Waals surface area contributed by atoms with E-state index >= 15 is 0 Å². The number of rotatable bonds is 9. The topological polar surface area (TPSA) is 67.9 Å². The number of nitrogens with zero attached hydrogens (tertiary/aromatic N) is 1. The predicted molar refractivity (Wildman–Crippen MR) is 145 cm³/mol. The van der Waals surface area contributed by atoms with Crippen LogP contribution < -0.4 is 19.7 Å². The Kier molecular flexibility index (Phi) is 8.10. The van der Waals surface area contributed by atoms with Crippen molar-refractivity contribution in [2.45, 2.75) is 20.0 Å². The van der Waals surface area contributed by atoms with Gasteiger partial charge in [0.05, 0.1) is 12.3 Å². The number of halogens is 1. The molecule has 1 aliphatic rings. The van der Waals surface area contributed by atoms with E-state index in [1.165, 1.54) is 24.3 Å². The van der Waals surface area contributed by atoms with Gasteiger partial charge in [0.1, 0.15) is 18.0 Å². The molecule has 0 atom stereocenters. The Morgan fingerprint density at radius 3 is 2.49 bits per heavy atom. The molecule has 1 heterocycles. The number of carbonyl (C=O) groups is 2. The van der Waals surface area contributed by atoms with Crippen LogP contribution >= 0.6 is 12.2 Å². The summed E-state index contributed by atoms with van der Waals surface area (Å²) in [4.78, 5) is 27.0. The number of nitrogens with one attached hydrogen (secondary N) is 1. The summed E-state index contributed by atoms with van der Waals surface area (Å²) in [6.07, 6.45) is 3.63. The van der Waals surface area contributed by atoms with Crippen LogP contribution in [0.4, 0.5) is 10.1 Å². The molecule has 4 rings (SSSR count). The molecule has 8 heteroatoms. The highest BCUT2D eigenvalue weighted by molar-refractivity contribution is 7.80. The van der Waals surface area contributed by atoms with Crippen molar-refractivity contribution in [1.82, 2.24) is 5.32 Å². The minimum atomic E-state index is -0.730. The van der Waals surface area contributed by atoms with Crippen LogP contribution in [-0.2, 0) is 22.6 Å². The molecule has 1 aliphatic heterocycles. The summed E-state index contributed by atoms with van der Waals surface area (Å²) < 4.78 is 26.5. The Bertz CT molecular complexity index is 1390. The normalized spacial score (nSPS) is 14.5. The van der Waals surface area contributed by atoms with E-state index < -0.39 is 17.6 Å². The standard InChI is InChI=1S/C29H25FN2O4S/c1-3-10-21-15-20(17-25(35-4-2)26(21)36-18-19-11-6-5-7-12-19)16-22-27(33)31-29(37)32(28(22)34)24-14-9-8-13-23(24)30/h3,5-9,11-17H,1,4,10,18H2,2H3,(H,31,33,37)/b22-16+. The first-order valence-corrected chi connectivity index (χ1v) is 12.1. The second-order valence-corrected chi connectivity index (χ2v) is 8.50. The third kappa shape index (κ3) is 5.76. The third-order valence-electron chi connectivity index (χ3n) is 5.55. The van der Waals surface area contributed by atoms with Crippen LogP contribution in [0.15, 0.2) is 85.0 Å². The van der Waals surface area contributed by atoms with Gasteiger partial charge >= 0.3 is 0 Å². The van der Waals surface area contributed by atoms with E-state index in [-0.39, 0.29) is 16.4 Å². The number of allylic oxidation sites excluding steroid dienone is 1. The summed E-state index contributed by atoms with van der Waals surface area (Å²) in [5.41, 5.74) is 2.06. The first kappa shape index (κ1) is 25.8. The maximum Gasteiger partial charge on any atom is 0.270 e. The van der Waals surface area contributed by atoms with Crippen LogP contribution in [-0.4, -0.2) is 23.5 Å². The van der Waals surface area contributed by atoms with Gasteiger partial charge in [-0.15, -0.1) is 6.58 Å². The molecule has 0 saturated carbocycles. The maximum absolute atomic E-state index is 14.5. The van der Waals surface area contributed by atoms with Gasteiger partial charge < -0.3 is 9.47 Å². The van der Waals surface area contributed by atoms with Gasteiger partial charge in [0, 0.05) is 5.56 Å².